The normalized spacial score (nSPS) is 25.8. The highest BCUT2D eigenvalue weighted by Crippen LogP contribution is 2.53. The monoisotopic (exact) mass is 432 g/mol. The van der Waals surface area contributed by atoms with Gasteiger partial charge in [-0.15, -0.1) is 0 Å². The molecule has 1 aliphatic carbocycles. The minimum atomic E-state index is -0.940. The second kappa shape index (κ2) is 7.05. The maximum absolute atomic E-state index is 14.7. The second-order valence-electron chi connectivity index (χ2n) is 6.72. The van der Waals surface area contributed by atoms with Gasteiger partial charge in [-0.2, -0.15) is 0 Å². The predicted molar refractivity (Wildman–Crippen MR) is 102 cm³/mol. The van der Waals surface area contributed by atoms with Crippen molar-refractivity contribution in [3.05, 3.63) is 69.9 Å². The summed E-state index contributed by atoms with van der Waals surface area (Å²) in [6.07, 6.45) is 0.603. The van der Waals surface area contributed by atoms with Crippen molar-refractivity contribution in [1.29, 1.82) is 0 Å². The molecule has 2 aromatic carbocycles. The Kier molecular flexibility index (Phi) is 4.74. The number of amidine groups is 1. The molecule has 0 unspecified atom stereocenters. The highest BCUT2D eigenvalue weighted by molar-refractivity contribution is 9.10. The fraction of sp³-hybridized carbons (Fsp3) is 0.300. The largest absolute Gasteiger partial charge is 0.461 e. The summed E-state index contributed by atoms with van der Waals surface area (Å²) >= 11 is 3.40. The van der Waals surface area contributed by atoms with Crippen molar-refractivity contribution in [2.75, 3.05) is 13.7 Å². The summed E-state index contributed by atoms with van der Waals surface area (Å²) in [5.74, 6) is -0.687. The van der Waals surface area contributed by atoms with Crippen LogP contribution in [-0.4, -0.2) is 31.7 Å². The number of methoxy groups -OCH3 is 1. The number of fused-ring (bicyclic) bond motifs is 1. The summed E-state index contributed by atoms with van der Waals surface area (Å²) in [6, 6.07) is 13.7. The molecule has 1 aliphatic heterocycles. The molecule has 1 amide bonds. The molecule has 5 nitrogen and oxygen atoms in total. The lowest BCUT2D eigenvalue weighted by Crippen LogP contribution is -2.44. The van der Waals surface area contributed by atoms with Gasteiger partial charge in [-0.3, -0.25) is 10.1 Å². The summed E-state index contributed by atoms with van der Waals surface area (Å²) in [7, 11) is 1.56. The van der Waals surface area contributed by atoms with Crippen LogP contribution in [0.3, 0.4) is 0 Å². The topological polar surface area (TPSA) is 59.9 Å². The number of hydrogen-bond acceptors (Lipinski definition) is 4. The predicted octanol–water partition coefficient (Wildman–Crippen LogP) is 3.63. The Balaban J connectivity index is 1.72. The summed E-state index contributed by atoms with van der Waals surface area (Å²) in [6.45, 7) is 0.190. The summed E-state index contributed by atoms with van der Waals surface area (Å²) in [5.41, 5.74) is -0.0149. The summed E-state index contributed by atoms with van der Waals surface area (Å²) in [5, 5.41) is 2.71. The van der Waals surface area contributed by atoms with E-state index in [0.717, 1.165) is 10.9 Å². The van der Waals surface area contributed by atoms with Crippen LogP contribution < -0.4 is 5.32 Å². The van der Waals surface area contributed by atoms with Crippen LogP contribution in [0.4, 0.5) is 4.39 Å². The van der Waals surface area contributed by atoms with Crippen molar-refractivity contribution in [2.24, 2.45) is 10.9 Å². The number of carbonyl (C=O) groups excluding carboxylic acids is 1. The highest BCUT2D eigenvalue weighted by atomic mass is 79.9. The molecule has 1 fully saturated rings. The molecule has 0 radical (unpaired) electrons. The average Bonchev–Trinajstić information content (AvgIpc) is 3.45. The van der Waals surface area contributed by atoms with Gasteiger partial charge < -0.3 is 9.47 Å². The van der Waals surface area contributed by atoms with Gasteiger partial charge in [0.2, 0.25) is 0 Å². The summed E-state index contributed by atoms with van der Waals surface area (Å²) in [4.78, 5) is 17.1. The molecular weight excluding hydrogens is 415 g/mol. The fourth-order valence-electron chi connectivity index (χ4n) is 3.58. The Bertz CT molecular complexity index is 905. The maximum Gasteiger partial charge on any atom is 0.292 e. The minimum Gasteiger partial charge on any atom is -0.461 e. The Hall–Kier alpha value is -2.25. The molecule has 3 atom stereocenters. The lowest BCUT2D eigenvalue weighted by atomic mass is 9.85. The molecular formula is C20H18BrFN2O3. The number of amides is 1. The zero-order valence-electron chi connectivity index (χ0n) is 14.6. The van der Waals surface area contributed by atoms with Gasteiger partial charge in [-0.25, -0.2) is 9.38 Å². The van der Waals surface area contributed by atoms with Gasteiger partial charge in [0.25, 0.3) is 11.9 Å². The fourth-order valence-corrected chi connectivity index (χ4v) is 3.94. The Morgan fingerprint density at radius 2 is 2.15 bits per heavy atom. The Morgan fingerprint density at radius 1 is 1.37 bits per heavy atom. The third kappa shape index (κ3) is 3.37. The molecule has 1 saturated carbocycles. The van der Waals surface area contributed by atoms with Gasteiger partial charge >= 0.3 is 0 Å². The third-order valence-corrected chi connectivity index (χ3v) is 5.42. The average molecular weight is 433 g/mol. The van der Waals surface area contributed by atoms with Gasteiger partial charge in [-0.1, -0.05) is 34.1 Å². The van der Waals surface area contributed by atoms with Crippen molar-refractivity contribution in [3.8, 4) is 0 Å². The first-order valence-corrected chi connectivity index (χ1v) is 9.40. The first-order valence-electron chi connectivity index (χ1n) is 8.61. The van der Waals surface area contributed by atoms with E-state index in [9.17, 15) is 9.18 Å². The number of aliphatic imine (C=N–C) groups is 1. The molecule has 0 bridgehead atoms. The van der Waals surface area contributed by atoms with E-state index in [1.165, 1.54) is 6.07 Å². The molecule has 4 rings (SSSR count). The zero-order valence-corrected chi connectivity index (χ0v) is 16.2. The van der Waals surface area contributed by atoms with Gasteiger partial charge in [0.1, 0.15) is 17.5 Å². The number of nitrogens with one attached hydrogen (secondary N) is 1. The van der Waals surface area contributed by atoms with Crippen LogP contribution in [0.5, 0.6) is 0 Å². The first-order chi connectivity index (χ1) is 13.0. The van der Waals surface area contributed by atoms with Crippen molar-refractivity contribution >= 4 is 27.9 Å². The minimum absolute atomic E-state index is 0.00127. The second-order valence-corrected chi connectivity index (χ2v) is 7.63. The van der Waals surface area contributed by atoms with Gasteiger partial charge in [0.05, 0.1) is 6.61 Å². The van der Waals surface area contributed by atoms with E-state index >= 15 is 0 Å². The first kappa shape index (κ1) is 18.1. The van der Waals surface area contributed by atoms with E-state index < -0.39 is 5.54 Å². The number of rotatable bonds is 4. The van der Waals surface area contributed by atoms with Crippen molar-refractivity contribution in [2.45, 2.75) is 18.1 Å². The number of halogens is 2. The number of hydrogen-bond donors (Lipinski definition) is 1. The molecule has 140 valence electrons. The molecule has 2 aromatic rings. The lowest BCUT2D eigenvalue weighted by Gasteiger charge is -2.34. The molecule has 1 N–H and O–H groups in total. The highest BCUT2D eigenvalue weighted by Gasteiger charge is 2.60. The number of carbonyl (C=O) groups is 1. The van der Waals surface area contributed by atoms with Crippen LogP contribution in [0.25, 0.3) is 0 Å². The van der Waals surface area contributed by atoms with Gasteiger partial charge in [0, 0.05) is 28.6 Å². The van der Waals surface area contributed by atoms with Crippen LogP contribution in [-0.2, 0) is 15.0 Å². The number of benzene rings is 2. The Morgan fingerprint density at radius 3 is 2.89 bits per heavy atom. The van der Waals surface area contributed by atoms with E-state index in [4.69, 9.17) is 9.47 Å². The van der Waals surface area contributed by atoms with E-state index in [1.807, 2.05) is 6.07 Å². The molecule has 7 heteroatoms. The Labute approximate surface area is 164 Å². The molecule has 1 heterocycles. The smallest absolute Gasteiger partial charge is 0.292 e. The zero-order chi connectivity index (χ0) is 19.0. The number of ether oxygens (including phenoxy) is 2. The molecule has 27 heavy (non-hydrogen) atoms. The van der Waals surface area contributed by atoms with Crippen LogP contribution >= 0.6 is 15.9 Å². The van der Waals surface area contributed by atoms with E-state index in [2.05, 4.69) is 26.2 Å². The van der Waals surface area contributed by atoms with Crippen LogP contribution in [0.2, 0.25) is 0 Å². The van der Waals surface area contributed by atoms with Crippen LogP contribution in [0.15, 0.2) is 58.0 Å². The molecule has 0 spiro atoms. The third-order valence-electron chi connectivity index (χ3n) is 4.93. The quantitative estimate of drug-likeness (QED) is 0.801. The van der Waals surface area contributed by atoms with Crippen molar-refractivity contribution < 1.29 is 18.7 Å². The van der Waals surface area contributed by atoms with Crippen molar-refractivity contribution in [1.82, 2.24) is 5.32 Å². The SMILES string of the molecule is COC[C@]1(c2cc(Br)ccc2F)N=C(NC(=O)c2ccccc2)O[C@@H]2C[C@@H]21. The van der Waals surface area contributed by atoms with E-state index in [1.54, 1.807) is 43.5 Å². The maximum atomic E-state index is 14.7. The molecule has 2 aliphatic rings. The summed E-state index contributed by atoms with van der Waals surface area (Å²) < 4.78 is 26.6. The van der Waals surface area contributed by atoms with Crippen molar-refractivity contribution in [3.63, 3.8) is 0 Å². The van der Waals surface area contributed by atoms with Gasteiger partial charge in [-0.05, 0) is 36.8 Å². The van der Waals surface area contributed by atoms with E-state index in [-0.39, 0.29) is 36.4 Å². The van der Waals surface area contributed by atoms with E-state index in [0.29, 0.717) is 11.1 Å². The standard InChI is InChI=1S/C20H18BrFN2O3/c1-26-11-20(14-9-13(21)7-8-16(14)22)15-10-17(15)27-19(24-20)23-18(25)12-5-3-2-4-6-12/h2-9,15,17H,10-11H2,1H3,(H,23,24,25)/t15-,17+,20+/m0/s1. The lowest BCUT2D eigenvalue weighted by molar-refractivity contribution is 0.0837. The molecule has 0 saturated heterocycles. The van der Waals surface area contributed by atoms with Crippen LogP contribution in [0.1, 0.15) is 22.3 Å². The van der Waals surface area contributed by atoms with Crippen LogP contribution in [0, 0.1) is 11.7 Å². The van der Waals surface area contributed by atoms with Gasteiger partial charge in [0.15, 0.2) is 0 Å². The molecule has 0 aromatic heterocycles. The number of nitrogens with zero attached hydrogens (tertiary/aromatic N) is 1.